The number of benzene rings is 3. The number of fused-ring (bicyclic) bond motifs is 2. The van der Waals surface area contributed by atoms with Gasteiger partial charge in [-0.3, -0.25) is 19.5 Å². The standard InChI is InChI=1S/C25H19N3O7S/c1-33-24(30)17-5-8-19-20(11-17)26-25(36-13-15-2-6-18(7-3-15)28(31)32)27(23(19)29)12-16-4-9-21-22(10-16)35-14-34-21/h2-11H,12-14H2,1H3. The number of methoxy groups -OCH3 is 1. The molecule has 4 aromatic rings. The molecule has 182 valence electrons. The number of nitro groups is 1. The largest absolute Gasteiger partial charge is 0.465 e. The van der Waals surface area contributed by atoms with Gasteiger partial charge in [0.05, 0.1) is 35.0 Å². The van der Waals surface area contributed by atoms with Crippen LogP contribution in [0.25, 0.3) is 10.9 Å². The van der Waals surface area contributed by atoms with Crippen molar-refractivity contribution in [3.63, 3.8) is 0 Å². The zero-order valence-corrected chi connectivity index (χ0v) is 19.8. The highest BCUT2D eigenvalue weighted by molar-refractivity contribution is 7.98. The summed E-state index contributed by atoms with van der Waals surface area (Å²) >= 11 is 1.32. The van der Waals surface area contributed by atoms with E-state index in [0.717, 1.165) is 11.1 Å². The second kappa shape index (κ2) is 9.70. The molecule has 0 saturated carbocycles. The lowest BCUT2D eigenvalue weighted by atomic mass is 10.1. The van der Waals surface area contributed by atoms with Crippen LogP contribution in [0.5, 0.6) is 11.5 Å². The van der Waals surface area contributed by atoms with Crippen LogP contribution < -0.4 is 15.0 Å². The summed E-state index contributed by atoms with van der Waals surface area (Å²) in [6, 6.07) is 16.3. The highest BCUT2D eigenvalue weighted by Crippen LogP contribution is 2.33. The van der Waals surface area contributed by atoms with Crippen molar-refractivity contribution in [3.05, 3.63) is 97.8 Å². The van der Waals surface area contributed by atoms with Crippen LogP contribution in [0.15, 0.2) is 70.6 Å². The molecule has 1 aliphatic rings. The van der Waals surface area contributed by atoms with E-state index >= 15 is 0 Å². The number of ether oxygens (including phenoxy) is 3. The van der Waals surface area contributed by atoms with Crippen molar-refractivity contribution in [1.82, 2.24) is 9.55 Å². The van der Waals surface area contributed by atoms with Gasteiger partial charge < -0.3 is 14.2 Å². The molecule has 0 spiro atoms. The van der Waals surface area contributed by atoms with Crippen LogP contribution in [0.2, 0.25) is 0 Å². The minimum absolute atomic E-state index is 0.00244. The molecule has 5 rings (SSSR count). The fourth-order valence-corrected chi connectivity index (χ4v) is 4.73. The second-order valence-electron chi connectivity index (χ2n) is 7.91. The quantitative estimate of drug-likeness (QED) is 0.120. The number of non-ortho nitro benzene ring substituents is 1. The summed E-state index contributed by atoms with van der Waals surface area (Å²) in [6.45, 7) is 0.384. The van der Waals surface area contributed by atoms with E-state index in [0.29, 0.717) is 33.3 Å². The summed E-state index contributed by atoms with van der Waals surface area (Å²) in [5.41, 5.74) is 2.06. The van der Waals surface area contributed by atoms with Gasteiger partial charge in [0, 0.05) is 17.9 Å². The van der Waals surface area contributed by atoms with Gasteiger partial charge >= 0.3 is 5.97 Å². The zero-order chi connectivity index (χ0) is 25.2. The summed E-state index contributed by atoms with van der Waals surface area (Å²) in [5, 5.41) is 11.7. The summed E-state index contributed by atoms with van der Waals surface area (Å²) in [7, 11) is 1.29. The number of thioether (sulfide) groups is 1. The molecule has 0 aliphatic carbocycles. The van der Waals surface area contributed by atoms with Crippen molar-refractivity contribution in [2.45, 2.75) is 17.5 Å². The van der Waals surface area contributed by atoms with Gasteiger partial charge in [-0.25, -0.2) is 9.78 Å². The summed E-state index contributed by atoms with van der Waals surface area (Å²) in [6.07, 6.45) is 0. The summed E-state index contributed by atoms with van der Waals surface area (Å²) in [5.74, 6) is 1.15. The molecule has 36 heavy (non-hydrogen) atoms. The SMILES string of the molecule is COC(=O)c1ccc2c(=O)n(Cc3ccc4c(c3)OCO4)c(SCc3ccc([N+](=O)[O-])cc3)nc2c1. The molecule has 0 radical (unpaired) electrons. The predicted octanol–water partition coefficient (Wildman–Crippen LogP) is 4.16. The van der Waals surface area contributed by atoms with Crippen LogP contribution >= 0.6 is 11.8 Å². The third-order valence-corrected chi connectivity index (χ3v) is 6.68. The van der Waals surface area contributed by atoms with E-state index in [2.05, 4.69) is 0 Å². The molecular weight excluding hydrogens is 486 g/mol. The smallest absolute Gasteiger partial charge is 0.337 e. The van der Waals surface area contributed by atoms with Crippen molar-refractivity contribution >= 4 is 34.3 Å². The Balaban J connectivity index is 1.53. The Kier molecular flexibility index (Phi) is 6.30. The first-order valence-electron chi connectivity index (χ1n) is 10.8. The molecule has 10 nitrogen and oxygen atoms in total. The van der Waals surface area contributed by atoms with E-state index in [4.69, 9.17) is 19.2 Å². The molecule has 0 atom stereocenters. The molecule has 0 amide bonds. The molecule has 1 aliphatic heterocycles. The van der Waals surface area contributed by atoms with Crippen LogP contribution in [0.1, 0.15) is 21.5 Å². The minimum atomic E-state index is -0.525. The Morgan fingerprint density at radius 2 is 1.83 bits per heavy atom. The summed E-state index contributed by atoms with van der Waals surface area (Å²) < 4.78 is 17.2. The van der Waals surface area contributed by atoms with Crippen LogP contribution in [0, 0.1) is 10.1 Å². The lowest BCUT2D eigenvalue weighted by molar-refractivity contribution is -0.384. The number of nitrogens with zero attached hydrogens (tertiary/aromatic N) is 3. The number of aromatic nitrogens is 2. The van der Waals surface area contributed by atoms with Crippen molar-refractivity contribution in [2.75, 3.05) is 13.9 Å². The second-order valence-corrected chi connectivity index (χ2v) is 8.85. The number of nitro benzene ring substituents is 1. The van der Waals surface area contributed by atoms with Gasteiger partial charge in [-0.1, -0.05) is 30.0 Å². The molecule has 0 saturated heterocycles. The van der Waals surface area contributed by atoms with Gasteiger partial charge in [0.15, 0.2) is 16.7 Å². The predicted molar refractivity (Wildman–Crippen MR) is 132 cm³/mol. The molecule has 1 aromatic heterocycles. The number of rotatable bonds is 7. The third kappa shape index (κ3) is 4.60. The van der Waals surface area contributed by atoms with E-state index in [1.807, 2.05) is 12.1 Å². The first kappa shape index (κ1) is 23.4. The maximum absolute atomic E-state index is 13.5. The van der Waals surface area contributed by atoms with Gasteiger partial charge in [0.25, 0.3) is 11.2 Å². The molecule has 3 aromatic carbocycles. The molecule has 0 fully saturated rings. The lowest BCUT2D eigenvalue weighted by Crippen LogP contribution is -2.24. The molecule has 0 N–H and O–H groups in total. The molecule has 0 unspecified atom stereocenters. The van der Waals surface area contributed by atoms with E-state index in [9.17, 15) is 19.7 Å². The van der Waals surface area contributed by atoms with E-state index < -0.39 is 10.9 Å². The number of hydrogen-bond donors (Lipinski definition) is 0. The van der Waals surface area contributed by atoms with Crippen LogP contribution in [-0.2, 0) is 17.0 Å². The highest BCUT2D eigenvalue weighted by atomic mass is 32.2. The fraction of sp³-hybridized carbons (Fsp3) is 0.160. The van der Waals surface area contributed by atoms with Gasteiger partial charge in [0.2, 0.25) is 6.79 Å². The van der Waals surface area contributed by atoms with Crippen molar-refractivity contribution in [1.29, 1.82) is 0 Å². The van der Waals surface area contributed by atoms with E-state index in [1.54, 1.807) is 28.8 Å². The first-order valence-corrected chi connectivity index (χ1v) is 11.8. The average Bonchev–Trinajstić information content (AvgIpc) is 3.36. The first-order chi connectivity index (χ1) is 17.4. The maximum Gasteiger partial charge on any atom is 0.337 e. The highest BCUT2D eigenvalue weighted by Gasteiger charge is 2.18. The molecular formula is C25H19N3O7S. The van der Waals surface area contributed by atoms with Gasteiger partial charge in [-0.15, -0.1) is 0 Å². The molecule has 2 heterocycles. The van der Waals surface area contributed by atoms with Crippen LogP contribution in [0.3, 0.4) is 0 Å². The molecule has 0 bridgehead atoms. The van der Waals surface area contributed by atoms with E-state index in [1.165, 1.54) is 43.1 Å². The van der Waals surface area contributed by atoms with Gasteiger partial charge in [0.1, 0.15) is 0 Å². The van der Waals surface area contributed by atoms with E-state index in [-0.39, 0.29) is 30.1 Å². The Morgan fingerprint density at radius 1 is 1.08 bits per heavy atom. The lowest BCUT2D eigenvalue weighted by Gasteiger charge is -2.14. The third-order valence-electron chi connectivity index (χ3n) is 5.63. The Morgan fingerprint density at radius 3 is 2.58 bits per heavy atom. The average molecular weight is 506 g/mol. The number of carbonyl (C=O) groups is 1. The molecule has 11 heteroatoms. The van der Waals surface area contributed by atoms with Gasteiger partial charge in [-0.05, 0) is 41.5 Å². The topological polar surface area (TPSA) is 123 Å². The summed E-state index contributed by atoms with van der Waals surface area (Å²) in [4.78, 5) is 40.7. The Bertz CT molecular complexity index is 1550. The Hall–Kier alpha value is -4.38. The maximum atomic E-state index is 13.5. The monoisotopic (exact) mass is 505 g/mol. The zero-order valence-electron chi connectivity index (χ0n) is 19.0. The number of esters is 1. The van der Waals surface area contributed by atoms with Crippen LogP contribution in [0.4, 0.5) is 5.69 Å². The number of hydrogen-bond acceptors (Lipinski definition) is 9. The van der Waals surface area contributed by atoms with Crippen molar-refractivity contribution in [3.8, 4) is 11.5 Å². The number of carbonyl (C=O) groups excluding carboxylic acids is 1. The van der Waals surface area contributed by atoms with Crippen LogP contribution in [-0.4, -0.2) is 34.3 Å². The van der Waals surface area contributed by atoms with Crippen molar-refractivity contribution < 1.29 is 23.9 Å². The Labute approximate surface area is 208 Å². The van der Waals surface area contributed by atoms with Gasteiger partial charge in [-0.2, -0.15) is 0 Å². The normalized spacial score (nSPS) is 12.0. The minimum Gasteiger partial charge on any atom is -0.465 e. The van der Waals surface area contributed by atoms with Crippen molar-refractivity contribution in [2.24, 2.45) is 0 Å². The fourth-order valence-electron chi connectivity index (χ4n) is 3.78.